The first kappa shape index (κ1) is 12.6. The fraction of sp³-hybridized carbons (Fsp3) is 0.385. The molecular weight excluding hydrogens is 232 g/mol. The number of morpholine rings is 1. The third kappa shape index (κ3) is 2.51. The van der Waals surface area contributed by atoms with Crippen LogP contribution in [0.4, 0.5) is 0 Å². The van der Waals surface area contributed by atoms with Gasteiger partial charge in [-0.3, -0.25) is 9.59 Å². The summed E-state index contributed by atoms with van der Waals surface area (Å²) < 4.78 is 5.20. The van der Waals surface area contributed by atoms with Crippen LogP contribution in [0.5, 0.6) is 0 Å². The van der Waals surface area contributed by atoms with Crippen molar-refractivity contribution in [1.82, 2.24) is 4.90 Å². The van der Waals surface area contributed by atoms with Gasteiger partial charge in [0.15, 0.2) is 0 Å². The van der Waals surface area contributed by atoms with Crippen molar-refractivity contribution in [2.75, 3.05) is 26.3 Å². The second-order valence-electron chi connectivity index (χ2n) is 4.30. The molecule has 1 fully saturated rings. The van der Waals surface area contributed by atoms with Gasteiger partial charge in [-0.05, 0) is 30.7 Å². The van der Waals surface area contributed by atoms with Crippen LogP contribution in [0.1, 0.15) is 26.3 Å². The second-order valence-corrected chi connectivity index (χ2v) is 4.30. The maximum Gasteiger partial charge on any atom is 0.254 e. The van der Waals surface area contributed by atoms with E-state index in [4.69, 9.17) is 10.5 Å². The monoisotopic (exact) mass is 248 g/mol. The number of ether oxygens (including phenoxy) is 1. The Bertz CT molecular complexity index is 479. The molecule has 96 valence electrons. The topological polar surface area (TPSA) is 72.6 Å². The molecule has 2 N–H and O–H groups in total. The lowest BCUT2D eigenvalue weighted by Gasteiger charge is -2.27. The van der Waals surface area contributed by atoms with E-state index in [0.717, 1.165) is 5.56 Å². The Morgan fingerprint density at radius 1 is 1.28 bits per heavy atom. The number of hydrogen-bond acceptors (Lipinski definition) is 3. The van der Waals surface area contributed by atoms with Crippen LogP contribution in [-0.2, 0) is 4.74 Å². The SMILES string of the molecule is Cc1cc(C(=O)N2CCOCC2)ccc1C(N)=O. The van der Waals surface area contributed by atoms with Gasteiger partial charge in [0.1, 0.15) is 0 Å². The first-order valence-electron chi connectivity index (χ1n) is 5.87. The van der Waals surface area contributed by atoms with Crippen LogP contribution >= 0.6 is 0 Å². The molecule has 18 heavy (non-hydrogen) atoms. The Morgan fingerprint density at radius 2 is 1.94 bits per heavy atom. The summed E-state index contributed by atoms with van der Waals surface area (Å²) in [6.45, 7) is 4.13. The molecular formula is C13H16N2O3. The fourth-order valence-corrected chi connectivity index (χ4v) is 2.02. The van der Waals surface area contributed by atoms with Gasteiger partial charge in [0, 0.05) is 24.2 Å². The van der Waals surface area contributed by atoms with Crippen LogP contribution in [0.2, 0.25) is 0 Å². The number of carbonyl (C=O) groups is 2. The summed E-state index contributed by atoms with van der Waals surface area (Å²) in [5, 5.41) is 0. The molecule has 1 saturated heterocycles. The lowest BCUT2D eigenvalue weighted by Crippen LogP contribution is -2.40. The molecule has 1 aromatic carbocycles. The zero-order valence-corrected chi connectivity index (χ0v) is 10.3. The molecule has 1 heterocycles. The minimum Gasteiger partial charge on any atom is -0.378 e. The van der Waals surface area contributed by atoms with Gasteiger partial charge in [-0.25, -0.2) is 0 Å². The van der Waals surface area contributed by atoms with Crippen molar-refractivity contribution in [2.24, 2.45) is 5.73 Å². The van der Waals surface area contributed by atoms with E-state index in [9.17, 15) is 9.59 Å². The summed E-state index contributed by atoms with van der Waals surface area (Å²) in [6, 6.07) is 4.95. The average molecular weight is 248 g/mol. The summed E-state index contributed by atoms with van der Waals surface area (Å²) in [7, 11) is 0. The molecule has 5 heteroatoms. The molecule has 2 rings (SSSR count). The Labute approximate surface area is 106 Å². The van der Waals surface area contributed by atoms with Crippen molar-refractivity contribution in [3.63, 3.8) is 0 Å². The molecule has 0 unspecified atom stereocenters. The predicted molar refractivity (Wildman–Crippen MR) is 66.4 cm³/mol. The first-order chi connectivity index (χ1) is 8.59. The van der Waals surface area contributed by atoms with Crippen LogP contribution in [-0.4, -0.2) is 43.0 Å². The van der Waals surface area contributed by atoms with Gasteiger partial charge in [-0.15, -0.1) is 0 Å². The molecule has 0 atom stereocenters. The fourth-order valence-electron chi connectivity index (χ4n) is 2.02. The number of nitrogens with zero attached hydrogens (tertiary/aromatic N) is 1. The average Bonchev–Trinajstić information content (AvgIpc) is 2.38. The van der Waals surface area contributed by atoms with E-state index in [1.165, 1.54) is 0 Å². The molecule has 0 saturated carbocycles. The van der Waals surface area contributed by atoms with E-state index in [2.05, 4.69) is 0 Å². The van der Waals surface area contributed by atoms with E-state index in [1.807, 2.05) is 0 Å². The van der Waals surface area contributed by atoms with Crippen LogP contribution in [0.25, 0.3) is 0 Å². The highest BCUT2D eigenvalue weighted by atomic mass is 16.5. The normalized spacial score (nSPS) is 15.5. The number of nitrogens with two attached hydrogens (primary N) is 1. The predicted octanol–water partition coefficient (Wildman–Crippen LogP) is 0.566. The number of primary amides is 1. The number of amides is 2. The van der Waals surface area contributed by atoms with Crippen molar-refractivity contribution in [3.8, 4) is 0 Å². The second kappa shape index (κ2) is 5.18. The summed E-state index contributed by atoms with van der Waals surface area (Å²) in [6.07, 6.45) is 0. The lowest BCUT2D eigenvalue weighted by atomic mass is 10.0. The van der Waals surface area contributed by atoms with Gasteiger partial charge in [-0.2, -0.15) is 0 Å². The largest absolute Gasteiger partial charge is 0.378 e. The molecule has 0 aromatic heterocycles. The molecule has 0 bridgehead atoms. The van der Waals surface area contributed by atoms with Crippen LogP contribution in [0, 0.1) is 6.92 Å². The van der Waals surface area contributed by atoms with Gasteiger partial charge in [0.25, 0.3) is 5.91 Å². The van der Waals surface area contributed by atoms with Crippen LogP contribution in [0.3, 0.4) is 0 Å². The van der Waals surface area contributed by atoms with Crippen molar-refractivity contribution in [2.45, 2.75) is 6.92 Å². The minimum atomic E-state index is -0.474. The Balaban J connectivity index is 2.20. The molecule has 0 spiro atoms. The van der Waals surface area contributed by atoms with E-state index in [0.29, 0.717) is 37.4 Å². The van der Waals surface area contributed by atoms with Gasteiger partial charge in [0.2, 0.25) is 5.91 Å². The molecule has 2 amide bonds. The third-order valence-corrected chi connectivity index (χ3v) is 3.04. The molecule has 1 aromatic rings. The standard InChI is InChI=1S/C13H16N2O3/c1-9-8-10(2-3-11(9)12(14)16)13(17)15-4-6-18-7-5-15/h2-3,8H,4-7H2,1H3,(H2,14,16). The first-order valence-corrected chi connectivity index (χ1v) is 5.87. The van der Waals surface area contributed by atoms with Gasteiger partial charge in [-0.1, -0.05) is 0 Å². The minimum absolute atomic E-state index is 0.0302. The Kier molecular flexibility index (Phi) is 3.62. The Morgan fingerprint density at radius 3 is 2.50 bits per heavy atom. The molecule has 0 aliphatic carbocycles. The van der Waals surface area contributed by atoms with Crippen molar-refractivity contribution in [1.29, 1.82) is 0 Å². The summed E-state index contributed by atoms with van der Waals surface area (Å²) in [5.41, 5.74) is 6.99. The van der Waals surface area contributed by atoms with Gasteiger partial charge in [0.05, 0.1) is 13.2 Å². The summed E-state index contributed by atoms with van der Waals surface area (Å²) >= 11 is 0. The number of carbonyl (C=O) groups excluding carboxylic acids is 2. The van der Waals surface area contributed by atoms with Crippen LogP contribution in [0.15, 0.2) is 18.2 Å². The number of hydrogen-bond donors (Lipinski definition) is 1. The van der Waals surface area contributed by atoms with E-state index < -0.39 is 5.91 Å². The highest BCUT2D eigenvalue weighted by Crippen LogP contribution is 2.13. The van der Waals surface area contributed by atoms with Crippen molar-refractivity contribution < 1.29 is 14.3 Å². The third-order valence-electron chi connectivity index (χ3n) is 3.04. The maximum atomic E-state index is 12.2. The molecule has 0 radical (unpaired) electrons. The van der Waals surface area contributed by atoms with Gasteiger partial charge < -0.3 is 15.4 Å². The summed E-state index contributed by atoms with van der Waals surface area (Å²) in [5.74, 6) is -0.504. The quantitative estimate of drug-likeness (QED) is 0.831. The smallest absolute Gasteiger partial charge is 0.254 e. The zero-order chi connectivity index (χ0) is 13.1. The van der Waals surface area contributed by atoms with Crippen molar-refractivity contribution in [3.05, 3.63) is 34.9 Å². The lowest BCUT2D eigenvalue weighted by molar-refractivity contribution is 0.0303. The number of aryl methyl sites for hydroxylation is 1. The molecule has 5 nitrogen and oxygen atoms in total. The summed E-state index contributed by atoms with van der Waals surface area (Å²) in [4.78, 5) is 25.1. The number of rotatable bonds is 2. The van der Waals surface area contributed by atoms with E-state index >= 15 is 0 Å². The van der Waals surface area contributed by atoms with E-state index in [1.54, 1.807) is 30.0 Å². The Hall–Kier alpha value is -1.88. The highest BCUT2D eigenvalue weighted by molar-refractivity contribution is 5.98. The maximum absolute atomic E-state index is 12.2. The molecule has 1 aliphatic rings. The number of benzene rings is 1. The zero-order valence-electron chi connectivity index (χ0n) is 10.3. The van der Waals surface area contributed by atoms with E-state index in [-0.39, 0.29) is 5.91 Å². The molecule has 1 aliphatic heterocycles. The van der Waals surface area contributed by atoms with Crippen LogP contribution < -0.4 is 5.73 Å². The van der Waals surface area contributed by atoms with Crippen molar-refractivity contribution >= 4 is 11.8 Å². The van der Waals surface area contributed by atoms with Gasteiger partial charge >= 0.3 is 0 Å². The highest BCUT2D eigenvalue weighted by Gasteiger charge is 2.19.